The van der Waals surface area contributed by atoms with E-state index in [2.05, 4.69) is 58.3 Å². The van der Waals surface area contributed by atoms with Crippen molar-refractivity contribution in [3.05, 3.63) is 33.3 Å². The Bertz CT molecular complexity index is 439. The molecule has 0 atom stereocenters. The Hall–Kier alpha value is -0.0171. The van der Waals surface area contributed by atoms with Crippen LogP contribution in [0.1, 0.15) is 18.1 Å². The monoisotopic (exact) mass is 326 g/mol. The number of benzene rings is 1. The number of fused-ring (bicyclic) bond motifs is 1. The minimum atomic E-state index is -1.68. The average Bonchev–Trinajstić information content (AvgIpc) is 2.44. The van der Waals surface area contributed by atoms with Crippen molar-refractivity contribution in [3.8, 4) is 0 Å². The first-order valence-corrected chi connectivity index (χ1v) is 13.5. The average molecular weight is 326 g/mol. The van der Waals surface area contributed by atoms with E-state index in [-0.39, 0.29) is 0 Å². The summed E-state index contributed by atoms with van der Waals surface area (Å²) in [5.74, 6) is 7.34. The maximum atomic E-state index is 3.70. The maximum absolute atomic E-state index is 3.70. The van der Waals surface area contributed by atoms with Crippen LogP contribution in [0.4, 0.5) is 0 Å². The molecule has 1 aromatic carbocycles. The molecule has 0 unspecified atom stereocenters. The normalized spacial score (nSPS) is 15.1. The van der Waals surface area contributed by atoms with Crippen molar-refractivity contribution >= 4 is 39.7 Å². The summed E-state index contributed by atoms with van der Waals surface area (Å²) in [5.41, 5.74) is 4.39. The van der Waals surface area contributed by atoms with E-state index < -0.39 is 13.3 Å². The van der Waals surface area contributed by atoms with Crippen LogP contribution in [0.15, 0.2) is 22.2 Å². The Labute approximate surface area is 103 Å². The first-order chi connectivity index (χ1) is 6.88. The van der Waals surface area contributed by atoms with E-state index in [1.165, 1.54) is 21.2 Å². The van der Waals surface area contributed by atoms with Gasteiger partial charge in [-0.05, 0) is 0 Å². The summed E-state index contributed by atoms with van der Waals surface area (Å²) in [6.07, 6.45) is 3.44. The Balaban J connectivity index is 2.54. The second kappa shape index (κ2) is 3.78. The van der Waals surface area contributed by atoms with Crippen molar-refractivity contribution in [1.82, 2.24) is 0 Å². The van der Waals surface area contributed by atoms with Crippen LogP contribution in [0.3, 0.4) is 0 Å². The first kappa shape index (κ1) is 11.5. The third kappa shape index (κ3) is 2.23. The Morgan fingerprint density at radius 2 is 1.87 bits per heavy atom. The molecule has 0 aliphatic heterocycles. The standard InChI is InChI=1S/C13H17BrGe/c1-9-5-10-7-11(15(2,3)4)8-13(14)12(10)6-9/h6-8H,5H2,1-4H3. The number of rotatable bonds is 1. The van der Waals surface area contributed by atoms with Gasteiger partial charge in [0.25, 0.3) is 0 Å². The fourth-order valence-corrected chi connectivity index (χ4v) is 5.56. The van der Waals surface area contributed by atoms with E-state index in [1.807, 2.05) is 0 Å². The number of hydrogen-bond acceptors (Lipinski definition) is 0. The second-order valence-corrected chi connectivity index (χ2v) is 17.0. The van der Waals surface area contributed by atoms with Gasteiger partial charge in [0.1, 0.15) is 0 Å². The molecular formula is C13H17BrGe. The van der Waals surface area contributed by atoms with Crippen molar-refractivity contribution in [2.75, 3.05) is 0 Å². The SMILES string of the molecule is CC1=Cc2c(Br)c[c]([Ge]([CH3])([CH3])[CH3])cc2C1. The van der Waals surface area contributed by atoms with Crippen LogP contribution >= 0.6 is 15.9 Å². The molecule has 0 bridgehead atoms. The molecule has 0 heterocycles. The molecule has 15 heavy (non-hydrogen) atoms. The molecule has 0 saturated carbocycles. The van der Waals surface area contributed by atoms with E-state index in [0.717, 1.165) is 6.42 Å². The fraction of sp³-hybridized carbons (Fsp3) is 0.385. The van der Waals surface area contributed by atoms with Crippen LogP contribution < -0.4 is 4.40 Å². The topological polar surface area (TPSA) is 0 Å². The minimum absolute atomic E-state index is 1.14. The van der Waals surface area contributed by atoms with Gasteiger partial charge in [-0.1, -0.05) is 0 Å². The van der Waals surface area contributed by atoms with Gasteiger partial charge in [0.15, 0.2) is 0 Å². The summed E-state index contributed by atoms with van der Waals surface area (Å²) in [4.78, 5) is 0. The summed E-state index contributed by atoms with van der Waals surface area (Å²) < 4.78 is 2.89. The van der Waals surface area contributed by atoms with Crippen LogP contribution in [-0.2, 0) is 6.42 Å². The van der Waals surface area contributed by atoms with Crippen LogP contribution in [0.2, 0.25) is 17.3 Å². The molecule has 0 N–H and O–H groups in total. The molecule has 0 aromatic heterocycles. The molecule has 0 amide bonds. The summed E-state index contributed by atoms with van der Waals surface area (Å²) in [5, 5.41) is 0. The summed E-state index contributed by atoms with van der Waals surface area (Å²) in [6.45, 7) is 2.21. The molecule has 2 heteroatoms. The van der Waals surface area contributed by atoms with E-state index in [4.69, 9.17) is 0 Å². The van der Waals surface area contributed by atoms with Gasteiger partial charge in [-0.3, -0.25) is 0 Å². The van der Waals surface area contributed by atoms with Gasteiger partial charge in [-0.25, -0.2) is 0 Å². The van der Waals surface area contributed by atoms with E-state index in [0.29, 0.717) is 0 Å². The third-order valence-electron chi connectivity index (χ3n) is 2.94. The number of allylic oxidation sites excluding steroid dienone is 1. The molecule has 0 radical (unpaired) electrons. The molecule has 0 fully saturated rings. The summed E-state index contributed by atoms with van der Waals surface area (Å²) in [7, 11) is 0. The Morgan fingerprint density at radius 3 is 2.47 bits per heavy atom. The van der Waals surface area contributed by atoms with E-state index in [1.54, 1.807) is 4.40 Å². The van der Waals surface area contributed by atoms with Gasteiger partial charge in [-0.2, -0.15) is 0 Å². The number of hydrogen-bond donors (Lipinski definition) is 0. The predicted molar refractivity (Wildman–Crippen MR) is 74.5 cm³/mol. The van der Waals surface area contributed by atoms with Gasteiger partial charge >= 0.3 is 104 Å². The van der Waals surface area contributed by atoms with Crippen LogP contribution in [0.5, 0.6) is 0 Å². The fourth-order valence-electron chi connectivity index (χ4n) is 2.01. The predicted octanol–water partition coefficient (Wildman–Crippen LogP) is 3.95. The zero-order valence-electron chi connectivity index (χ0n) is 9.82. The third-order valence-corrected chi connectivity index (χ3v) is 7.84. The molecule has 80 valence electrons. The van der Waals surface area contributed by atoms with Crippen LogP contribution in [0, 0.1) is 0 Å². The van der Waals surface area contributed by atoms with E-state index in [9.17, 15) is 0 Å². The van der Waals surface area contributed by atoms with Gasteiger partial charge in [0.05, 0.1) is 0 Å². The molecule has 1 aliphatic rings. The second-order valence-electron chi connectivity index (χ2n) is 5.45. The van der Waals surface area contributed by atoms with Gasteiger partial charge < -0.3 is 0 Å². The molecule has 0 nitrogen and oxygen atoms in total. The molecule has 0 spiro atoms. The van der Waals surface area contributed by atoms with Gasteiger partial charge in [0.2, 0.25) is 0 Å². The Kier molecular flexibility index (Phi) is 2.89. The molecule has 1 aromatic rings. The quantitative estimate of drug-likeness (QED) is 0.686. The van der Waals surface area contributed by atoms with E-state index >= 15 is 0 Å². The van der Waals surface area contributed by atoms with Crippen molar-refractivity contribution in [2.24, 2.45) is 0 Å². The van der Waals surface area contributed by atoms with Crippen LogP contribution in [-0.4, -0.2) is 13.3 Å². The summed E-state index contributed by atoms with van der Waals surface area (Å²) >= 11 is 2.03. The zero-order valence-corrected chi connectivity index (χ0v) is 13.5. The Morgan fingerprint density at radius 1 is 1.20 bits per heavy atom. The molecule has 2 rings (SSSR count). The zero-order chi connectivity index (χ0) is 11.2. The number of halogens is 1. The first-order valence-electron chi connectivity index (χ1n) is 5.38. The van der Waals surface area contributed by atoms with Crippen LogP contribution in [0.25, 0.3) is 6.08 Å². The van der Waals surface area contributed by atoms with Crippen molar-refractivity contribution in [3.63, 3.8) is 0 Å². The molecule has 0 saturated heterocycles. The van der Waals surface area contributed by atoms with Gasteiger partial charge in [0, 0.05) is 0 Å². The summed E-state index contributed by atoms with van der Waals surface area (Å²) in [6, 6.07) is 4.78. The van der Waals surface area contributed by atoms with Crippen molar-refractivity contribution in [1.29, 1.82) is 0 Å². The molecular weight excluding hydrogens is 309 g/mol. The van der Waals surface area contributed by atoms with Crippen molar-refractivity contribution < 1.29 is 0 Å². The van der Waals surface area contributed by atoms with Gasteiger partial charge in [-0.15, -0.1) is 0 Å². The molecule has 1 aliphatic carbocycles. The van der Waals surface area contributed by atoms with Crippen molar-refractivity contribution in [2.45, 2.75) is 30.6 Å².